The number of nitrogens with zero attached hydrogens (tertiary/aromatic N) is 1. The molecule has 0 spiro atoms. The Morgan fingerprint density at radius 3 is 2.90 bits per heavy atom. The number of hydrogen-bond donors (Lipinski definition) is 1. The maximum atomic E-state index is 13.0. The molecule has 0 aliphatic heterocycles. The average Bonchev–Trinajstić information content (AvgIpc) is 2.46. The van der Waals surface area contributed by atoms with Gasteiger partial charge in [0.15, 0.2) is 0 Å². The maximum Gasteiger partial charge on any atom is 0.124 e. The molecule has 20 heavy (non-hydrogen) atoms. The Labute approximate surface area is 121 Å². The van der Waals surface area contributed by atoms with Gasteiger partial charge in [0.1, 0.15) is 5.82 Å². The molecule has 3 aromatic rings. The highest BCUT2D eigenvalue weighted by Gasteiger charge is 2.04. The number of rotatable bonds is 3. The third-order valence-electron chi connectivity index (χ3n) is 3.17. The topological polar surface area (TPSA) is 24.9 Å². The molecule has 3 rings (SSSR count). The molecule has 2 aromatic carbocycles. The number of hydrogen-bond acceptors (Lipinski definition) is 2. The average molecular weight is 287 g/mol. The molecular weight excluding hydrogens is 275 g/mol. The fraction of sp³-hybridized carbons (Fsp3) is 0.0625. The highest BCUT2D eigenvalue weighted by molar-refractivity contribution is 6.31. The molecule has 100 valence electrons. The van der Waals surface area contributed by atoms with Crippen LogP contribution in [0.1, 0.15) is 5.56 Å². The minimum atomic E-state index is -0.324. The van der Waals surface area contributed by atoms with Crippen LogP contribution in [0.5, 0.6) is 0 Å². The van der Waals surface area contributed by atoms with E-state index in [2.05, 4.69) is 10.3 Å². The first-order valence-corrected chi connectivity index (χ1v) is 6.62. The van der Waals surface area contributed by atoms with Crippen LogP contribution in [0.15, 0.2) is 54.9 Å². The predicted molar refractivity (Wildman–Crippen MR) is 80.5 cm³/mol. The summed E-state index contributed by atoms with van der Waals surface area (Å²) >= 11 is 6.02. The summed E-state index contributed by atoms with van der Waals surface area (Å²) in [7, 11) is 0. The summed E-state index contributed by atoms with van der Waals surface area (Å²) in [6.07, 6.45) is 3.59. The molecule has 0 unspecified atom stereocenters. The van der Waals surface area contributed by atoms with Gasteiger partial charge in [-0.3, -0.25) is 4.98 Å². The van der Waals surface area contributed by atoms with Crippen LogP contribution in [-0.4, -0.2) is 4.98 Å². The first kappa shape index (κ1) is 12.9. The van der Waals surface area contributed by atoms with Crippen LogP contribution in [-0.2, 0) is 6.54 Å². The van der Waals surface area contributed by atoms with Gasteiger partial charge >= 0.3 is 0 Å². The SMILES string of the molecule is Fc1ccc(CNc2cccc3cnccc23)c(Cl)c1. The lowest BCUT2D eigenvalue weighted by atomic mass is 10.1. The summed E-state index contributed by atoms with van der Waals surface area (Å²) in [5.41, 5.74) is 1.87. The van der Waals surface area contributed by atoms with Gasteiger partial charge in [-0.25, -0.2) is 4.39 Å². The van der Waals surface area contributed by atoms with Crippen molar-refractivity contribution in [2.24, 2.45) is 0 Å². The number of halogens is 2. The number of benzene rings is 2. The highest BCUT2D eigenvalue weighted by Crippen LogP contribution is 2.24. The summed E-state index contributed by atoms with van der Waals surface area (Å²) in [4.78, 5) is 4.11. The van der Waals surface area contributed by atoms with Gasteiger partial charge in [-0.05, 0) is 29.8 Å². The minimum Gasteiger partial charge on any atom is -0.380 e. The summed E-state index contributed by atoms with van der Waals surface area (Å²) in [5.74, 6) is -0.324. The molecule has 0 saturated heterocycles. The van der Waals surface area contributed by atoms with Gasteiger partial charge in [0.05, 0.1) is 0 Å². The van der Waals surface area contributed by atoms with Crippen LogP contribution in [0, 0.1) is 5.82 Å². The second-order valence-electron chi connectivity index (χ2n) is 4.49. The van der Waals surface area contributed by atoms with Gasteiger partial charge in [0.25, 0.3) is 0 Å². The second kappa shape index (κ2) is 5.47. The van der Waals surface area contributed by atoms with E-state index < -0.39 is 0 Å². The van der Waals surface area contributed by atoms with E-state index in [-0.39, 0.29) is 5.82 Å². The fourth-order valence-electron chi connectivity index (χ4n) is 2.13. The van der Waals surface area contributed by atoms with Crippen LogP contribution >= 0.6 is 11.6 Å². The summed E-state index contributed by atoms with van der Waals surface area (Å²) < 4.78 is 13.0. The van der Waals surface area contributed by atoms with Crippen molar-refractivity contribution in [2.45, 2.75) is 6.54 Å². The van der Waals surface area contributed by atoms with Crippen molar-refractivity contribution in [3.63, 3.8) is 0 Å². The van der Waals surface area contributed by atoms with E-state index in [1.165, 1.54) is 12.1 Å². The Bertz CT molecular complexity index is 753. The zero-order valence-electron chi connectivity index (χ0n) is 10.6. The van der Waals surface area contributed by atoms with Crippen LogP contribution < -0.4 is 5.32 Å². The third-order valence-corrected chi connectivity index (χ3v) is 3.52. The quantitative estimate of drug-likeness (QED) is 0.759. The predicted octanol–water partition coefficient (Wildman–Crippen LogP) is 4.64. The lowest BCUT2D eigenvalue weighted by Gasteiger charge is -2.10. The molecular formula is C16H12ClFN2. The van der Waals surface area contributed by atoms with Crippen molar-refractivity contribution in [2.75, 3.05) is 5.32 Å². The van der Waals surface area contributed by atoms with Gasteiger partial charge in [0.2, 0.25) is 0 Å². The molecule has 4 heteroatoms. The number of fused-ring (bicyclic) bond motifs is 1. The minimum absolute atomic E-state index is 0.324. The van der Waals surface area contributed by atoms with Gasteiger partial charge in [-0.2, -0.15) is 0 Å². The monoisotopic (exact) mass is 286 g/mol. The molecule has 0 radical (unpaired) electrons. The Morgan fingerprint density at radius 1 is 1.15 bits per heavy atom. The van der Waals surface area contributed by atoms with E-state index in [9.17, 15) is 4.39 Å². The largest absolute Gasteiger partial charge is 0.380 e. The standard InChI is InChI=1S/C16H12ClFN2/c17-15-8-13(18)5-4-12(15)10-20-16-3-1-2-11-9-19-7-6-14(11)16/h1-9,20H,10H2. The first-order valence-electron chi connectivity index (χ1n) is 6.24. The fourth-order valence-corrected chi connectivity index (χ4v) is 2.37. The molecule has 0 bridgehead atoms. The molecule has 1 heterocycles. The highest BCUT2D eigenvalue weighted by atomic mass is 35.5. The molecule has 1 aromatic heterocycles. The van der Waals surface area contributed by atoms with Gasteiger partial charge in [0, 0.05) is 40.4 Å². The third kappa shape index (κ3) is 2.58. The van der Waals surface area contributed by atoms with E-state index in [0.717, 1.165) is 22.0 Å². The molecule has 1 N–H and O–H groups in total. The van der Waals surface area contributed by atoms with E-state index in [1.807, 2.05) is 30.5 Å². The molecule has 0 saturated carbocycles. The van der Waals surface area contributed by atoms with Crippen molar-refractivity contribution in [1.82, 2.24) is 4.98 Å². The smallest absolute Gasteiger partial charge is 0.124 e. The Hall–Kier alpha value is -2.13. The Kier molecular flexibility index (Phi) is 3.52. The summed E-state index contributed by atoms with van der Waals surface area (Å²) in [5, 5.41) is 5.93. The molecule has 0 atom stereocenters. The van der Waals surface area contributed by atoms with E-state index in [4.69, 9.17) is 11.6 Å². The summed E-state index contributed by atoms with van der Waals surface area (Å²) in [6, 6.07) is 12.4. The van der Waals surface area contributed by atoms with E-state index in [0.29, 0.717) is 11.6 Å². The van der Waals surface area contributed by atoms with E-state index >= 15 is 0 Å². The van der Waals surface area contributed by atoms with E-state index in [1.54, 1.807) is 12.3 Å². The molecule has 0 amide bonds. The Morgan fingerprint density at radius 2 is 2.05 bits per heavy atom. The van der Waals surface area contributed by atoms with Crippen LogP contribution in [0.4, 0.5) is 10.1 Å². The lowest BCUT2D eigenvalue weighted by molar-refractivity contribution is 0.627. The van der Waals surface area contributed by atoms with Crippen LogP contribution in [0.3, 0.4) is 0 Å². The zero-order valence-corrected chi connectivity index (χ0v) is 11.4. The van der Waals surface area contributed by atoms with Gasteiger partial charge in [-0.1, -0.05) is 29.8 Å². The second-order valence-corrected chi connectivity index (χ2v) is 4.90. The van der Waals surface area contributed by atoms with Crippen molar-refractivity contribution >= 4 is 28.1 Å². The molecule has 0 aliphatic carbocycles. The van der Waals surface area contributed by atoms with Crippen LogP contribution in [0.25, 0.3) is 10.8 Å². The molecule has 0 aliphatic rings. The van der Waals surface area contributed by atoms with Gasteiger partial charge in [-0.15, -0.1) is 0 Å². The number of anilines is 1. The first-order chi connectivity index (χ1) is 9.74. The lowest BCUT2D eigenvalue weighted by Crippen LogP contribution is -2.01. The van der Waals surface area contributed by atoms with Gasteiger partial charge < -0.3 is 5.32 Å². The summed E-state index contributed by atoms with van der Waals surface area (Å²) in [6.45, 7) is 0.542. The van der Waals surface area contributed by atoms with Crippen molar-refractivity contribution < 1.29 is 4.39 Å². The van der Waals surface area contributed by atoms with Crippen molar-refractivity contribution in [3.8, 4) is 0 Å². The number of aromatic nitrogens is 1. The van der Waals surface area contributed by atoms with Crippen molar-refractivity contribution in [3.05, 3.63) is 71.3 Å². The van der Waals surface area contributed by atoms with Crippen LogP contribution in [0.2, 0.25) is 5.02 Å². The Balaban J connectivity index is 1.87. The molecule has 0 fully saturated rings. The van der Waals surface area contributed by atoms with Crippen molar-refractivity contribution in [1.29, 1.82) is 0 Å². The maximum absolute atomic E-state index is 13.0. The normalized spacial score (nSPS) is 10.7. The number of nitrogens with one attached hydrogen (secondary N) is 1. The molecule has 2 nitrogen and oxygen atoms in total. The number of pyridine rings is 1. The zero-order chi connectivity index (χ0) is 13.9.